The van der Waals surface area contributed by atoms with Gasteiger partial charge in [-0.05, 0) is 18.2 Å². The largest absolute Gasteiger partial charge is 0.418 e. The summed E-state index contributed by atoms with van der Waals surface area (Å²) in [5, 5.41) is 6.17. The van der Waals surface area contributed by atoms with Gasteiger partial charge in [0, 0.05) is 38.2 Å². The Labute approximate surface area is 165 Å². The first-order valence-electron chi connectivity index (χ1n) is 8.80. The maximum absolute atomic E-state index is 13.4. The summed E-state index contributed by atoms with van der Waals surface area (Å²) >= 11 is 0. The van der Waals surface area contributed by atoms with Crippen molar-refractivity contribution in [3.63, 3.8) is 0 Å². The monoisotopic (exact) mass is 404 g/mol. The van der Waals surface area contributed by atoms with E-state index in [4.69, 9.17) is 4.52 Å². The second-order valence-electron chi connectivity index (χ2n) is 6.55. The summed E-state index contributed by atoms with van der Waals surface area (Å²) in [6.45, 7) is 0. The molecule has 0 atom stereocenters. The Kier molecular flexibility index (Phi) is 5.86. The Hall–Kier alpha value is -3.36. The number of nitrogens with one attached hydrogen (secondary N) is 1. The highest BCUT2D eigenvalue weighted by Gasteiger charge is 2.34. The molecule has 0 aliphatic rings. The predicted octanol–water partition coefficient (Wildman–Crippen LogP) is 4.39. The number of benzene rings is 2. The number of carbonyl (C=O) groups excluding carboxylic acids is 1. The van der Waals surface area contributed by atoms with Crippen LogP contribution in [-0.2, 0) is 17.4 Å². The molecular formula is C20H19F3N4O2. The zero-order chi connectivity index (χ0) is 21.0. The minimum Gasteiger partial charge on any atom is -0.378 e. The number of alkyl halides is 3. The molecule has 1 heterocycles. The lowest BCUT2D eigenvalue weighted by Crippen LogP contribution is -2.18. The van der Waals surface area contributed by atoms with Gasteiger partial charge in [0.2, 0.25) is 17.6 Å². The molecule has 0 bridgehead atoms. The Morgan fingerprint density at radius 1 is 1.14 bits per heavy atom. The van der Waals surface area contributed by atoms with Crippen molar-refractivity contribution in [1.82, 2.24) is 10.1 Å². The molecular weight excluding hydrogens is 385 g/mol. The lowest BCUT2D eigenvalue weighted by atomic mass is 10.1. The van der Waals surface area contributed by atoms with E-state index < -0.39 is 17.6 Å². The zero-order valence-corrected chi connectivity index (χ0v) is 15.8. The summed E-state index contributed by atoms with van der Waals surface area (Å²) in [4.78, 5) is 17.9. The molecule has 1 amide bonds. The average Bonchev–Trinajstić information content (AvgIpc) is 3.15. The Bertz CT molecular complexity index is 985. The van der Waals surface area contributed by atoms with Gasteiger partial charge >= 0.3 is 6.18 Å². The van der Waals surface area contributed by atoms with E-state index in [9.17, 15) is 18.0 Å². The first kappa shape index (κ1) is 20.4. The molecule has 0 unspecified atom stereocenters. The van der Waals surface area contributed by atoms with Crippen LogP contribution >= 0.6 is 0 Å². The molecule has 0 saturated carbocycles. The van der Waals surface area contributed by atoms with Gasteiger partial charge in [-0.1, -0.05) is 35.5 Å². The highest BCUT2D eigenvalue weighted by atomic mass is 19.4. The van der Waals surface area contributed by atoms with Gasteiger partial charge in [-0.3, -0.25) is 4.79 Å². The fourth-order valence-corrected chi connectivity index (χ4v) is 2.65. The summed E-state index contributed by atoms with van der Waals surface area (Å²) in [6, 6.07) is 12.9. The van der Waals surface area contributed by atoms with Gasteiger partial charge in [0.05, 0.1) is 11.3 Å². The lowest BCUT2D eigenvalue weighted by molar-refractivity contribution is -0.136. The van der Waals surface area contributed by atoms with Gasteiger partial charge in [0.15, 0.2) is 0 Å². The summed E-state index contributed by atoms with van der Waals surface area (Å²) in [7, 11) is 3.28. The number of amides is 1. The van der Waals surface area contributed by atoms with Crippen molar-refractivity contribution in [3.8, 4) is 11.4 Å². The van der Waals surface area contributed by atoms with Crippen LogP contribution in [0.2, 0.25) is 0 Å². The highest BCUT2D eigenvalue weighted by Crippen LogP contribution is 2.37. The first-order chi connectivity index (χ1) is 13.7. The van der Waals surface area contributed by atoms with Crippen molar-refractivity contribution in [1.29, 1.82) is 0 Å². The normalized spacial score (nSPS) is 11.3. The van der Waals surface area contributed by atoms with E-state index in [-0.39, 0.29) is 24.4 Å². The van der Waals surface area contributed by atoms with Crippen molar-refractivity contribution in [2.75, 3.05) is 24.3 Å². The van der Waals surface area contributed by atoms with Crippen LogP contribution in [-0.4, -0.2) is 30.1 Å². The van der Waals surface area contributed by atoms with Crippen LogP contribution in [0.1, 0.15) is 17.9 Å². The topological polar surface area (TPSA) is 71.3 Å². The molecule has 0 aliphatic heterocycles. The molecule has 0 saturated heterocycles. The molecule has 1 aromatic heterocycles. The number of carbonyl (C=O) groups is 1. The molecule has 0 fully saturated rings. The molecule has 3 aromatic rings. The van der Waals surface area contributed by atoms with Crippen molar-refractivity contribution in [3.05, 3.63) is 60.0 Å². The van der Waals surface area contributed by atoms with Crippen LogP contribution in [0.3, 0.4) is 0 Å². The molecule has 6 nitrogen and oxygen atoms in total. The van der Waals surface area contributed by atoms with Gasteiger partial charge in [0.1, 0.15) is 0 Å². The summed E-state index contributed by atoms with van der Waals surface area (Å²) in [5.41, 5.74) is -0.0396. The second-order valence-corrected chi connectivity index (χ2v) is 6.55. The van der Waals surface area contributed by atoms with Crippen molar-refractivity contribution >= 4 is 17.3 Å². The molecule has 3 rings (SSSR count). The number of aryl methyl sites for hydroxylation is 1. The van der Waals surface area contributed by atoms with Gasteiger partial charge in [-0.15, -0.1) is 0 Å². The van der Waals surface area contributed by atoms with E-state index in [0.29, 0.717) is 11.5 Å². The average molecular weight is 404 g/mol. The molecule has 1 N–H and O–H groups in total. The van der Waals surface area contributed by atoms with Crippen LogP contribution < -0.4 is 10.2 Å². The Balaban J connectivity index is 1.66. The van der Waals surface area contributed by atoms with Gasteiger partial charge in [-0.2, -0.15) is 18.2 Å². The molecule has 0 radical (unpaired) electrons. The van der Waals surface area contributed by atoms with Crippen LogP contribution in [0.25, 0.3) is 11.4 Å². The minimum absolute atomic E-state index is 0.0941. The Morgan fingerprint density at radius 2 is 1.86 bits per heavy atom. The minimum atomic E-state index is -4.59. The molecule has 152 valence electrons. The van der Waals surface area contributed by atoms with E-state index in [0.717, 1.165) is 11.6 Å². The molecule has 0 aliphatic carbocycles. The van der Waals surface area contributed by atoms with Gasteiger partial charge < -0.3 is 14.7 Å². The first-order valence-corrected chi connectivity index (χ1v) is 8.80. The van der Waals surface area contributed by atoms with E-state index in [1.807, 2.05) is 30.3 Å². The number of rotatable bonds is 6. The van der Waals surface area contributed by atoms with E-state index in [2.05, 4.69) is 15.5 Å². The number of hydrogen-bond acceptors (Lipinski definition) is 5. The fourth-order valence-electron chi connectivity index (χ4n) is 2.65. The molecule has 29 heavy (non-hydrogen) atoms. The highest BCUT2D eigenvalue weighted by molar-refractivity contribution is 5.92. The number of halogens is 3. The van der Waals surface area contributed by atoms with Crippen molar-refractivity contribution in [2.45, 2.75) is 19.0 Å². The van der Waals surface area contributed by atoms with E-state index >= 15 is 0 Å². The predicted molar refractivity (Wildman–Crippen MR) is 102 cm³/mol. The quantitative estimate of drug-likeness (QED) is 0.660. The molecule has 0 spiro atoms. The number of anilines is 2. The van der Waals surface area contributed by atoms with Crippen LogP contribution in [0, 0.1) is 0 Å². The van der Waals surface area contributed by atoms with Crippen molar-refractivity contribution in [2.24, 2.45) is 0 Å². The summed E-state index contributed by atoms with van der Waals surface area (Å²) < 4.78 is 45.2. The van der Waals surface area contributed by atoms with Gasteiger partial charge in [-0.25, -0.2) is 0 Å². The molecule has 2 aromatic carbocycles. The maximum atomic E-state index is 13.4. The van der Waals surface area contributed by atoms with E-state index in [1.165, 1.54) is 12.1 Å². The SMILES string of the molecule is CN(C)c1ccc(NC(=O)CCc2nc(-c3ccccc3)no2)c(C(F)(F)F)c1. The summed E-state index contributed by atoms with van der Waals surface area (Å²) in [5.74, 6) is 0.0465. The lowest BCUT2D eigenvalue weighted by Gasteiger charge is -2.18. The van der Waals surface area contributed by atoms with Crippen LogP contribution in [0.5, 0.6) is 0 Å². The number of nitrogens with zero attached hydrogens (tertiary/aromatic N) is 3. The number of hydrogen-bond donors (Lipinski definition) is 1. The van der Waals surface area contributed by atoms with Crippen LogP contribution in [0.4, 0.5) is 24.5 Å². The van der Waals surface area contributed by atoms with Crippen LogP contribution in [0.15, 0.2) is 53.1 Å². The maximum Gasteiger partial charge on any atom is 0.418 e. The Morgan fingerprint density at radius 3 is 2.52 bits per heavy atom. The smallest absolute Gasteiger partial charge is 0.378 e. The second kappa shape index (κ2) is 8.34. The fraction of sp³-hybridized carbons (Fsp3) is 0.250. The third-order valence-electron chi connectivity index (χ3n) is 4.17. The number of aromatic nitrogens is 2. The van der Waals surface area contributed by atoms with Crippen molar-refractivity contribution < 1.29 is 22.5 Å². The van der Waals surface area contributed by atoms with E-state index in [1.54, 1.807) is 19.0 Å². The third-order valence-corrected chi connectivity index (χ3v) is 4.17. The third kappa shape index (κ3) is 5.13. The summed E-state index contributed by atoms with van der Waals surface area (Å²) in [6.07, 6.45) is -4.57. The zero-order valence-electron chi connectivity index (χ0n) is 15.8. The van der Waals surface area contributed by atoms with Gasteiger partial charge in [0.25, 0.3) is 0 Å². The standard InChI is InChI=1S/C20H19F3N4O2/c1-27(2)14-8-9-16(15(12-14)20(21,22)23)24-17(28)10-11-18-25-19(26-29-18)13-6-4-3-5-7-13/h3-9,12H,10-11H2,1-2H3,(H,24,28). The molecule has 9 heteroatoms.